The maximum atomic E-state index is 9.75. The van der Waals surface area contributed by atoms with Crippen LogP contribution in [0.2, 0.25) is 0 Å². The molecule has 0 bridgehead atoms. The second kappa shape index (κ2) is 22.8. The molecular weight excluding hydrogens is 957 g/mol. The summed E-state index contributed by atoms with van der Waals surface area (Å²) in [6, 6.07) is 85.4. The number of ether oxygens (including phenoxy) is 1. The van der Waals surface area contributed by atoms with Crippen LogP contribution in [0.1, 0.15) is 0 Å². The monoisotopic (exact) mass is 1000 g/mol. The first-order valence-electron chi connectivity index (χ1n) is 22.0. The number of hydrogen-bond acceptors (Lipinski definition) is 3. The molecular formula is C56H44BCuF4N4OP2+2. The van der Waals surface area contributed by atoms with Gasteiger partial charge in [0.15, 0.2) is 17.3 Å². The first-order chi connectivity index (χ1) is 33.3. The van der Waals surface area contributed by atoms with Gasteiger partial charge in [0.1, 0.15) is 53.5 Å². The predicted octanol–water partition coefficient (Wildman–Crippen LogP) is 12.1. The Morgan fingerprint density at radius 1 is 0.391 bits per heavy atom. The van der Waals surface area contributed by atoms with E-state index in [-0.39, 0.29) is 17.1 Å². The summed E-state index contributed by atoms with van der Waals surface area (Å²) in [7, 11) is -8.56. The van der Waals surface area contributed by atoms with E-state index >= 15 is 0 Å². The van der Waals surface area contributed by atoms with Crippen molar-refractivity contribution < 1.29 is 39.1 Å². The van der Waals surface area contributed by atoms with Gasteiger partial charge in [-0.15, -0.1) is 0 Å². The van der Waals surface area contributed by atoms with Gasteiger partial charge in [-0.1, -0.05) is 140 Å². The van der Waals surface area contributed by atoms with Crippen molar-refractivity contribution in [1.29, 1.82) is 0 Å². The Hall–Kier alpha value is -7.12. The summed E-state index contributed by atoms with van der Waals surface area (Å²) in [6.45, 7) is 0. The van der Waals surface area contributed by atoms with Gasteiger partial charge in [0, 0.05) is 23.2 Å². The van der Waals surface area contributed by atoms with Crippen molar-refractivity contribution in [3.05, 3.63) is 255 Å². The molecule has 0 unspecified atom stereocenters. The zero-order valence-corrected chi connectivity index (χ0v) is 39.8. The maximum Gasteiger partial charge on any atom is 1.00 e. The van der Waals surface area contributed by atoms with Crippen molar-refractivity contribution in [3.63, 3.8) is 0 Å². The summed E-state index contributed by atoms with van der Waals surface area (Å²) in [5.74, 6) is 3.54. The average molecular weight is 1000 g/mol. The molecule has 0 aliphatic carbocycles. The van der Waals surface area contributed by atoms with Gasteiger partial charge in [-0.3, -0.25) is 4.57 Å². The normalized spacial score (nSPS) is 11.0. The van der Waals surface area contributed by atoms with Crippen LogP contribution in [0.25, 0.3) is 33.4 Å². The fourth-order valence-corrected chi connectivity index (χ4v) is 13.6. The van der Waals surface area contributed by atoms with E-state index in [0.717, 1.165) is 34.2 Å². The minimum atomic E-state index is -6.00. The summed E-state index contributed by atoms with van der Waals surface area (Å²) in [4.78, 5) is 4.82. The van der Waals surface area contributed by atoms with E-state index in [1.54, 1.807) is 10.9 Å². The van der Waals surface area contributed by atoms with Crippen molar-refractivity contribution in [2.45, 2.75) is 0 Å². The van der Waals surface area contributed by atoms with E-state index in [9.17, 15) is 17.3 Å². The molecule has 11 aromatic rings. The Morgan fingerprint density at radius 3 is 1.16 bits per heavy atom. The molecule has 3 aromatic heterocycles. The van der Waals surface area contributed by atoms with Crippen LogP contribution in [0.4, 0.5) is 17.3 Å². The third-order valence-corrected chi connectivity index (χ3v) is 16.6. The standard InChI is InChI=1S/C36H28OP2.C20H14N4.BF4.Cu/c1-5-17-29(18-6-1)38(30-19-7-2-8-20-30)35-27-15-13-25-33(35)37-34-26-14-16-28-36(34)39(31-21-9-3-10-22-31)32-23-11-4-12-24-32;1-3-9-17-15(7-1)16-8-2-4-10-18(16)24(17)20-12-5-11-19(22-20)23-14-6-13-21-23;2-1(3,4)5;/h1-28H;1-14H;;/q;;-1;+1/p+2. The van der Waals surface area contributed by atoms with Gasteiger partial charge in [-0.25, -0.2) is 9.67 Å². The third kappa shape index (κ3) is 11.8. The molecule has 69 heavy (non-hydrogen) atoms. The Morgan fingerprint density at radius 2 is 0.754 bits per heavy atom. The second-order valence-corrected chi connectivity index (χ2v) is 20.4. The molecule has 0 fully saturated rings. The molecule has 0 aliphatic heterocycles. The molecule has 13 heteroatoms. The van der Waals surface area contributed by atoms with E-state index in [1.165, 1.54) is 42.6 Å². The summed E-state index contributed by atoms with van der Waals surface area (Å²) in [5, 5.41) is 14.6. The number of para-hydroxylation sites is 4. The van der Waals surface area contributed by atoms with Crippen LogP contribution in [0.3, 0.4) is 0 Å². The Bertz CT molecular complexity index is 3090. The first kappa shape index (κ1) is 48.3. The Kier molecular flexibility index (Phi) is 16.0. The predicted molar refractivity (Wildman–Crippen MR) is 279 cm³/mol. The van der Waals surface area contributed by atoms with E-state index in [4.69, 9.17) is 9.72 Å². The number of rotatable bonds is 10. The molecule has 5 nitrogen and oxygen atoms in total. The van der Waals surface area contributed by atoms with Gasteiger partial charge in [-0.05, 0) is 103 Å². The van der Waals surface area contributed by atoms with Gasteiger partial charge in [0.2, 0.25) is 0 Å². The molecule has 8 aromatic carbocycles. The summed E-state index contributed by atoms with van der Waals surface area (Å²) in [5.41, 5.74) is 2.31. The van der Waals surface area contributed by atoms with Gasteiger partial charge < -0.3 is 22.0 Å². The van der Waals surface area contributed by atoms with Crippen molar-refractivity contribution in [1.82, 2.24) is 19.3 Å². The molecule has 0 saturated heterocycles. The summed E-state index contributed by atoms with van der Waals surface area (Å²) in [6.07, 6.45) is 3.66. The number of aromatic nitrogens is 4. The van der Waals surface area contributed by atoms with E-state index in [0.29, 0.717) is 0 Å². The van der Waals surface area contributed by atoms with Crippen LogP contribution in [0.15, 0.2) is 255 Å². The topological polar surface area (TPSA) is 44.9 Å². The van der Waals surface area contributed by atoms with E-state index in [2.05, 4.69) is 228 Å². The van der Waals surface area contributed by atoms with Crippen LogP contribution in [0.5, 0.6) is 11.5 Å². The molecule has 11 rings (SSSR count). The van der Waals surface area contributed by atoms with Crippen molar-refractivity contribution >= 4 is 76.7 Å². The van der Waals surface area contributed by atoms with Gasteiger partial charge in [-0.2, -0.15) is 5.10 Å². The number of benzene rings is 8. The zero-order chi connectivity index (χ0) is 46.7. The maximum absolute atomic E-state index is 9.75. The minimum Gasteiger partial charge on any atom is -0.449 e. The molecule has 3 heterocycles. The Labute approximate surface area is 411 Å². The molecule has 0 spiro atoms. The van der Waals surface area contributed by atoms with Crippen LogP contribution >= 0.6 is 15.8 Å². The van der Waals surface area contributed by atoms with Crippen molar-refractivity contribution in [3.8, 4) is 23.1 Å². The molecule has 0 saturated carbocycles. The minimum absolute atomic E-state index is 0. The summed E-state index contributed by atoms with van der Waals surface area (Å²) < 4.78 is 49.9. The number of halogens is 4. The van der Waals surface area contributed by atoms with Crippen LogP contribution in [0, 0.1) is 0 Å². The summed E-state index contributed by atoms with van der Waals surface area (Å²) >= 11 is 0. The second-order valence-electron chi connectivity index (χ2n) is 15.5. The largest absolute Gasteiger partial charge is 1.00 e. The third-order valence-electron chi connectivity index (χ3n) is 11.1. The molecule has 0 radical (unpaired) electrons. The van der Waals surface area contributed by atoms with Crippen LogP contribution in [-0.2, 0) is 17.1 Å². The Balaban J connectivity index is 0.000000182. The number of hydrogen-bond donors (Lipinski definition) is 0. The molecule has 344 valence electrons. The van der Waals surface area contributed by atoms with Crippen LogP contribution in [-0.4, -0.2) is 26.6 Å². The fraction of sp³-hybridized carbons (Fsp3) is 0. The van der Waals surface area contributed by atoms with Crippen molar-refractivity contribution in [2.75, 3.05) is 0 Å². The molecule has 0 amide bonds. The van der Waals surface area contributed by atoms with Gasteiger partial charge in [0.05, 0.1) is 11.0 Å². The number of fused-ring (bicyclic) bond motifs is 3. The van der Waals surface area contributed by atoms with Crippen molar-refractivity contribution in [2.24, 2.45) is 0 Å². The average Bonchev–Trinajstić information content (AvgIpc) is 4.04. The van der Waals surface area contributed by atoms with E-state index in [1.807, 2.05) is 30.5 Å². The zero-order valence-electron chi connectivity index (χ0n) is 36.8. The van der Waals surface area contributed by atoms with E-state index < -0.39 is 23.1 Å². The smallest absolute Gasteiger partial charge is 0.449 e. The SMILES string of the molecule is F[B-](F)(F)F.[Cu+].c1cc(-n2cccn2)nc(-n2c3ccccc3c3ccccc32)c1.c1ccc([PH+](c2ccccc2)c2ccccc2Oc2ccccc2[PH+](c2ccccc2)c2ccccc2)cc1. The molecule has 0 atom stereocenters. The van der Waals surface area contributed by atoms with Gasteiger partial charge >= 0.3 is 24.3 Å². The van der Waals surface area contributed by atoms with Gasteiger partial charge in [0.25, 0.3) is 0 Å². The molecule has 0 aliphatic rings. The number of nitrogens with zero attached hydrogens (tertiary/aromatic N) is 4. The number of pyridine rings is 1. The molecule has 0 N–H and O–H groups in total. The van der Waals surface area contributed by atoms with Crippen LogP contribution < -0.4 is 36.6 Å². The fourth-order valence-electron chi connectivity index (χ4n) is 8.26. The first-order valence-corrected chi connectivity index (χ1v) is 25.0. The quantitative estimate of drug-likeness (QED) is 0.0779.